The highest BCUT2D eigenvalue weighted by atomic mass is 16.5. The van der Waals surface area contributed by atoms with Crippen LogP contribution in [0.1, 0.15) is 96.0 Å². The predicted octanol–water partition coefficient (Wildman–Crippen LogP) is 6.92. The van der Waals surface area contributed by atoms with Gasteiger partial charge >= 0.3 is 5.97 Å². The number of carbonyl (C=O) groups is 1. The number of hydrogen-bond donors (Lipinski definition) is 3. The zero-order valence-corrected chi connectivity index (χ0v) is 25.0. The molecule has 0 aromatic carbocycles. The van der Waals surface area contributed by atoms with Gasteiger partial charge in [-0.2, -0.15) is 0 Å². The number of carbonyl (C=O) groups excluding carboxylic acids is 1. The highest BCUT2D eigenvalue weighted by molar-refractivity contribution is 5.85. The third-order valence-electron chi connectivity index (χ3n) is 8.80. The number of esters is 1. The van der Waals surface area contributed by atoms with Crippen molar-refractivity contribution in [2.75, 3.05) is 14.2 Å². The second kappa shape index (κ2) is 11.0. The lowest BCUT2D eigenvalue weighted by Gasteiger charge is -2.16. The molecule has 0 saturated heterocycles. The summed E-state index contributed by atoms with van der Waals surface area (Å²) in [6.07, 6.45) is 4.13. The summed E-state index contributed by atoms with van der Waals surface area (Å²) < 4.78 is 4.97. The SMILES string of the molecule is CCc1c(C)c2cc3[nH]c(cc4nc(c(C)c5nc(cc1[nH]2)C(C)=C5)C(CCC(=O)OC)[C@@H]4C)c(C)c3CNC. The molecule has 5 rings (SSSR count). The van der Waals surface area contributed by atoms with Crippen molar-refractivity contribution < 1.29 is 9.53 Å². The van der Waals surface area contributed by atoms with Gasteiger partial charge in [-0.05, 0) is 105 Å². The quantitative estimate of drug-likeness (QED) is 0.296. The van der Waals surface area contributed by atoms with E-state index in [0.29, 0.717) is 12.8 Å². The van der Waals surface area contributed by atoms with Crippen molar-refractivity contribution in [1.29, 1.82) is 0 Å². The van der Waals surface area contributed by atoms with E-state index in [2.05, 4.69) is 81.1 Å². The summed E-state index contributed by atoms with van der Waals surface area (Å²) in [5.74, 6) is 0.0574. The fourth-order valence-electron chi connectivity index (χ4n) is 6.24. The summed E-state index contributed by atoms with van der Waals surface area (Å²) in [7, 11) is 3.43. The summed E-state index contributed by atoms with van der Waals surface area (Å²) in [5, 5.41) is 3.35. The van der Waals surface area contributed by atoms with E-state index in [4.69, 9.17) is 14.7 Å². The molecule has 7 heteroatoms. The molecule has 40 heavy (non-hydrogen) atoms. The van der Waals surface area contributed by atoms with Crippen LogP contribution in [0, 0.1) is 20.8 Å². The molecule has 8 bridgehead atoms. The minimum Gasteiger partial charge on any atom is -0.469 e. The van der Waals surface area contributed by atoms with E-state index in [1.54, 1.807) is 0 Å². The third kappa shape index (κ3) is 4.87. The molecule has 210 valence electrons. The summed E-state index contributed by atoms with van der Waals surface area (Å²) in [5.41, 5.74) is 15.5. The van der Waals surface area contributed by atoms with Crippen LogP contribution in [0.25, 0.3) is 33.7 Å². The average Bonchev–Trinajstić information content (AvgIpc) is 3.63. The molecule has 7 nitrogen and oxygen atoms in total. The number of H-pyrrole nitrogens is 2. The third-order valence-corrected chi connectivity index (χ3v) is 8.80. The number of rotatable bonds is 6. The van der Waals surface area contributed by atoms with Crippen LogP contribution in [0.15, 0.2) is 18.2 Å². The molecular weight excluding hydrogens is 498 g/mol. The van der Waals surface area contributed by atoms with E-state index < -0.39 is 0 Å². The number of ether oxygens (including phenoxy) is 1. The van der Waals surface area contributed by atoms with Gasteiger partial charge in [0, 0.05) is 58.3 Å². The molecule has 2 aliphatic rings. The molecule has 0 fully saturated rings. The number of aryl methyl sites for hydroxylation is 3. The molecule has 0 aliphatic carbocycles. The number of methoxy groups -OCH3 is 1. The molecule has 3 N–H and O–H groups in total. The molecule has 0 radical (unpaired) electrons. The van der Waals surface area contributed by atoms with Crippen molar-refractivity contribution in [3.63, 3.8) is 0 Å². The van der Waals surface area contributed by atoms with E-state index in [0.717, 1.165) is 68.9 Å². The monoisotopic (exact) mass is 539 g/mol. The first-order chi connectivity index (χ1) is 19.2. The summed E-state index contributed by atoms with van der Waals surface area (Å²) >= 11 is 0. The van der Waals surface area contributed by atoms with Gasteiger partial charge in [-0.1, -0.05) is 13.8 Å². The average molecular weight is 540 g/mol. The Balaban J connectivity index is 1.88. The number of fused-ring (bicyclic) bond motifs is 8. The van der Waals surface area contributed by atoms with Gasteiger partial charge in [0.05, 0.1) is 18.5 Å². The van der Waals surface area contributed by atoms with Gasteiger partial charge in [0.15, 0.2) is 0 Å². The van der Waals surface area contributed by atoms with Crippen LogP contribution in [0.2, 0.25) is 0 Å². The Labute approximate surface area is 236 Å². The second-order valence-corrected chi connectivity index (χ2v) is 11.2. The molecular formula is C33H41N5O2. The van der Waals surface area contributed by atoms with Crippen molar-refractivity contribution in [3.8, 4) is 0 Å². The Bertz CT molecular complexity index is 1670. The molecule has 2 atom stereocenters. The molecule has 3 aromatic rings. The summed E-state index contributed by atoms with van der Waals surface area (Å²) in [6, 6.07) is 6.61. The van der Waals surface area contributed by atoms with Crippen molar-refractivity contribution in [1.82, 2.24) is 25.3 Å². The number of hydrogen-bond acceptors (Lipinski definition) is 5. The van der Waals surface area contributed by atoms with Crippen LogP contribution in [-0.2, 0) is 22.5 Å². The molecule has 3 aromatic heterocycles. The molecule has 0 spiro atoms. The standard InChI is InChI=1S/C33H41N5O2/c1-9-22-18(3)28-15-31-24(16-34-7)20(5)27(37-31)14-29-19(4)23(10-11-32(39)40-8)33(38-29)21(6)26-12-17(2)25(35-26)13-30(22)36-28/h12-15,19,23,34,36-37H,9-11,16H2,1-8H3/t19-,23?/m0/s1. The van der Waals surface area contributed by atoms with E-state index in [9.17, 15) is 4.79 Å². The van der Waals surface area contributed by atoms with Gasteiger partial charge in [0.25, 0.3) is 0 Å². The minimum absolute atomic E-state index is 0.100. The summed E-state index contributed by atoms with van der Waals surface area (Å²) in [6.45, 7) is 13.8. The minimum atomic E-state index is -0.191. The first kappa shape index (κ1) is 27.8. The van der Waals surface area contributed by atoms with E-state index in [1.807, 2.05) is 7.05 Å². The lowest BCUT2D eigenvalue weighted by molar-refractivity contribution is -0.140. The van der Waals surface area contributed by atoms with Gasteiger partial charge < -0.3 is 20.0 Å². The molecule has 2 aliphatic heterocycles. The van der Waals surface area contributed by atoms with Crippen LogP contribution in [0.5, 0.6) is 0 Å². The van der Waals surface area contributed by atoms with Gasteiger partial charge in [0.1, 0.15) is 0 Å². The topological polar surface area (TPSA) is 95.7 Å². The zero-order chi connectivity index (χ0) is 28.7. The maximum absolute atomic E-state index is 12.1. The summed E-state index contributed by atoms with van der Waals surface area (Å²) in [4.78, 5) is 29.8. The first-order valence-electron chi connectivity index (χ1n) is 14.3. The van der Waals surface area contributed by atoms with Crippen molar-refractivity contribution in [3.05, 3.63) is 68.8 Å². The number of nitrogens with zero attached hydrogens (tertiary/aromatic N) is 2. The van der Waals surface area contributed by atoms with Crippen LogP contribution in [0.4, 0.5) is 0 Å². The Morgan fingerprint density at radius 2 is 1.62 bits per heavy atom. The number of aromatic nitrogens is 4. The number of allylic oxidation sites excluding steroid dienone is 1. The fraction of sp³-hybridized carbons (Fsp3) is 0.424. The van der Waals surface area contributed by atoms with Gasteiger partial charge in [-0.3, -0.25) is 9.78 Å². The Hall–Kier alpha value is -3.71. The molecule has 0 saturated carbocycles. The van der Waals surface area contributed by atoms with Gasteiger partial charge in [-0.15, -0.1) is 0 Å². The predicted molar refractivity (Wildman–Crippen MR) is 163 cm³/mol. The smallest absolute Gasteiger partial charge is 0.305 e. The van der Waals surface area contributed by atoms with Crippen molar-refractivity contribution in [2.45, 2.75) is 79.2 Å². The maximum Gasteiger partial charge on any atom is 0.305 e. The Kier molecular flexibility index (Phi) is 7.69. The van der Waals surface area contributed by atoms with Crippen molar-refractivity contribution >= 4 is 39.7 Å². The van der Waals surface area contributed by atoms with Crippen LogP contribution >= 0.6 is 0 Å². The van der Waals surface area contributed by atoms with Crippen LogP contribution < -0.4 is 5.32 Å². The molecule has 0 amide bonds. The number of aromatic amines is 2. The maximum atomic E-state index is 12.1. The van der Waals surface area contributed by atoms with E-state index in [-0.39, 0.29) is 17.8 Å². The number of nitrogens with one attached hydrogen (secondary N) is 3. The molecule has 5 heterocycles. The Morgan fingerprint density at radius 1 is 0.950 bits per heavy atom. The molecule has 1 unspecified atom stereocenters. The highest BCUT2D eigenvalue weighted by Gasteiger charge is 2.31. The largest absolute Gasteiger partial charge is 0.469 e. The zero-order valence-electron chi connectivity index (χ0n) is 25.0. The second-order valence-electron chi connectivity index (χ2n) is 11.2. The van der Waals surface area contributed by atoms with E-state index >= 15 is 0 Å². The fourth-order valence-corrected chi connectivity index (χ4v) is 6.24. The van der Waals surface area contributed by atoms with Crippen LogP contribution in [0.3, 0.4) is 0 Å². The van der Waals surface area contributed by atoms with Gasteiger partial charge in [0.2, 0.25) is 0 Å². The Morgan fingerprint density at radius 3 is 2.30 bits per heavy atom. The van der Waals surface area contributed by atoms with Gasteiger partial charge in [-0.25, -0.2) is 4.98 Å². The highest BCUT2D eigenvalue weighted by Crippen LogP contribution is 2.42. The van der Waals surface area contributed by atoms with Crippen molar-refractivity contribution in [2.24, 2.45) is 0 Å². The normalized spacial score (nSPS) is 16.8. The van der Waals surface area contributed by atoms with Crippen LogP contribution in [-0.4, -0.2) is 40.1 Å². The first-order valence-corrected chi connectivity index (χ1v) is 14.3. The van der Waals surface area contributed by atoms with E-state index in [1.165, 1.54) is 29.4 Å². The lowest BCUT2D eigenvalue weighted by Crippen LogP contribution is -2.08. The lowest BCUT2D eigenvalue weighted by atomic mass is 9.86.